The Morgan fingerprint density at radius 2 is 2.20 bits per heavy atom. The predicted molar refractivity (Wildman–Crippen MR) is 78.2 cm³/mol. The standard InChI is InChI=1S/C14H17BrN2O3/c15-10-4-3-5-11(8-10)20-9-13(18)17-7-2-1-6-12(17)14(16)19/h3-5,8,12H,1-2,6-7,9H2,(H2,16,19). The van der Waals surface area contributed by atoms with E-state index in [2.05, 4.69) is 15.9 Å². The van der Waals surface area contributed by atoms with Crippen LogP contribution < -0.4 is 10.5 Å². The molecular weight excluding hydrogens is 324 g/mol. The van der Waals surface area contributed by atoms with Crippen LogP contribution in [-0.4, -0.2) is 35.9 Å². The monoisotopic (exact) mass is 340 g/mol. The highest BCUT2D eigenvalue weighted by Crippen LogP contribution is 2.19. The lowest BCUT2D eigenvalue weighted by molar-refractivity contribution is -0.142. The van der Waals surface area contributed by atoms with E-state index in [4.69, 9.17) is 10.5 Å². The third-order valence-corrected chi connectivity index (χ3v) is 3.80. The molecule has 0 saturated carbocycles. The first-order chi connectivity index (χ1) is 9.58. The van der Waals surface area contributed by atoms with Crippen molar-refractivity contribution in [3.8, 4) is 5.75 Å². The van der Waals surface area contributed by atoms with Gasteiger partial charge in [0, 0.05) is 11.0 Å². The van der Waals surface area contributed by atoms with Gasteiger partial charge in [-0.2, -0.15) is 0 Å². The van der Waals surface area contributed by atoms with Gasteiger partial charge >= 0.3 is 0 Å². The molecule has 108 valence electrons. The highest BCUT2D eigenvalue weighted by molar-refractivity contribution is 9.10. The van der Waals surface area contributed by atoms with Gasteiger partial charge in [0.2, 0.25) is 5.91 Å². The second-order valence-corrected chi connectivity index (χ2v) is 5.66. The molecule has 2 amide bonds. The number of carbonyl (C=O) groups excluding carboxylic acids is 2. The number of hydrogen-bond acceptors (Lipinski definition) is 3. The molecule has 1 aromatic rings. The highest BCUT2D eigenvalue weighted by atomic mass is 79.9. The van der Waals surface area contributed by atoms with E-state index < -0.39 is 11.9 Å². The summed E-state index contributed by atoms with van der Waals surface area (Å²) in [7, 11) is 0. The molecule has 6 heteroatoms. The zero-order valence-electron chi connectivity index (χ0n) is 11.0. The van der Waals surface area contributed by atoms with E-state index in [1.165, 1.54) is 4.90 Å². The number of hydrogen-bond donors (Lipinski definition) is 1. The number of rotatable bonds is 4. The fraction of sp³-hybridized carbons (Fsp3) is 0.429. The van der Waals surface area contributed by atoms with Crippen molar-refractivity contribution in [2.45, 2.75) is 25.3 Å². The zero-order valence-corrected chi connectivity index (χ0v) is 12.6. The molecule has 20 heavy (non-hydrogen) atoms. The molecule has 1 aliphatic heterocycles. The average Bonchev–Trinajstić information content (AvgIpc) is 2.45. The van der Waals surface area contributed by atoms with E-state index in [-0.39, 0.29) is 12.5 Å². The first kappa shape index (κ1) is 14.8. The van der Waals surface area contributed by atoms with Gasteiger partial charge in [-0.25, -0.2) is 0 Å². The van der Waals surface area contributed by atoms with E-state index in [9.17, 15) is 9.59 Å². The van der Waals surface area contributed by atoms with Gasteiger partial charge in [-0.3, -0.25) is 9.59 Å². The summed E-state index contributed by atoms with van der Waals surface area (Å²) in [6.07, 6.45) is 2.45. The summed E-state index contributed by atoms with van der Waals surface area (Å²) >= 11 is 3.34. The number of nitrogens with zero attached hydrogens (tertiary/aromatic N) is 1. The van der Waals surface area contributed by atoms with Crippen molar-refractivity contribution < 1.29 is 14.3 Å². The molecule has 1 unspecified atom stereocenters. The van der Waals surface area contributed by atoms with Crippen LogP contribution in [0.15, 0.2) is 28.7 Å². The Bertz CT molecular complexity index is 507. The van der Waals surface area contributed by atoms with Gasteiger partial charge < -0.3 is 15.4 Å². The molecule has 1 heterocycles. The Morgan fingerprint density at radius 1 is 1.40 bits per heavy atom. The topological polar surface area (TPSA) is 72.6 Å². The minimum Gasteiger partial charge on any atom is -0.484 e. The fourth-order valence-electron chi connectivity index (χ4n) is 2.31. The van der Waals surface area contributed by atoms with Crippen molar-refractivity contribution >= 4 is 27.7 Å². The van der Waals surface area contributed by atoms with Crippen LogP contribution in [0, 0.1) is 0 Å². The van der Waals surface area contributed by atoms with Crippen molar-refractivity contribution in [2.75, 3.05) is 13.2 Å². The number of primary amides is 1. The Balaban J connectivity index is 1.95. The van der Waals surface area contributed by atoms with Crippen LogP contribution in [-0.2, 0) is 9.59 Å². The molecular formula is C14H17BrN2O3. The van der Waals surface area contributed by atoms with Crippen molar-refractivity contribution in [2.24, 2.45) is 5.73 Å². The zero-order chi connectivity index (χ0) is 14.5. The third-order valence-electron chi connectivity index (χ3n) is 3.31. The fourth-order valence-corrected chi connectivity index (χ4v) is 2.69. The average molecular weight is 341 g/mol. The number of nitrogens with two attached hydrogens (primary N) is 1. The quantitative estimate of drug-likeness (QED) is 0.906. The molecule has 2 rings (SSSR count). The van der Waals surface area contributed by atoms with Gasteiger partial charge in [-0.1, -0.05) is 22.0 Å². The predicted octanol–water partition coefficient (Wildman–Crippen LogP) is 1.69. The summed E-state index contributed by atoms with van der Waals surface area (Å²) in [4.78, 5) is 25.1. The van der Waals surface area contributed by atoms with Gasteiger partial charge in [0.1, 0.15) is 11.8 Å². The summed E-state index contributed by atoms with van der Waals surface area (Å²) in [5, 5.41) is 0. The number of piperidine rings is 1. The third kappa shape index (κ3) is 3.72. The van der Waals surface area contributed by atoms with Crippen LogP contribution in [0.5, 0.6) is 5.75 Å². The largest absolute Gasteiger partial charge is 0.484 e. The molecule has 0 aromatic heterocycles. The Hall–Kier alpha value is -1.56. The lowest BCUT2D eigenvalue weighted by Gasteiger charge is -2.33. The number of ether oxygens (including phenoxy) is 1. The van der Waals surface area contributed by atoms with Gasteiger partial charge in [0.25, 0.3) is 5.91 Å². The number of halogens is 1. The van der Waals surface area contributed by atoms with Gasteiger partial charge in [0.15, 0.2) is 6.61 Å². The molecule has 2 N–H and O–H groups in total. The van der Waals surface area contributed by atoms with Gasteiger partial charge in [-0.15, -0.1) is 0 Å². The maximum atomic E-state index is 12.2. The molecule has 0 aliphatic carbocycles. The van der Waals surface area contributed by atoms with E-state index in [0.29, 0.717) is 18.7 Å². The van der Waals surface area contributed by atoms with E-state index in [1.807, 2.05) is 12.1 Å². The van der Waals surface area contributed by atoms with Crippen molar-refractivity contribution in [3.63, 3.8) is 0 Å². The van der Waals surface area contributed by atoms with E-state index in [1.54, 1.807) is 12.1 Å². The van der Waals surface area contributed by atoms with Crippen LogP contribution in [0.3, 0.4) is 0 Å². The van der Waals surface area contributed by atoms with Crippen LogP contribution in [0.25, 0.3) is 0 Å². The van der Waals surface area contributed by atoms with Crippen molar-refractivity contribution in [1.82, 2.24) is 4.90 Å². The number of carbonyl (C=O) groups is 2. The van der Waals surface area contributed by atoms with Crippen LogP contribution in [0.2, 0.25) is 0 Å². The van der Waals surface area contributed by atoms with Crippen molar-refractivity contribution in [3.05, 3.63) is 28.7 Å². The van der Waals surface area contributed by atoms with Gasteiger partial charge in [0.05, 0.1) is 0 Å². The SMILES string of the molecule is NC(=O)C1CCCCN1C(=O)COc1cccc(Br)c1. The summed E-state index contributed by atoms with van der Waals surface area (Å²) in [5.74, 6) is -0.0330. The minimum atomic E-state index is -0.498. The number of likely N-dealkylation sites (tertiary alicyclic amines) is 1. The maximum absolute atomic E-state index is 12.2. The molecule has 0 radical (unpaired) electrons. The lowest BCUT2D eigenvalue weighted by atomic mass is 10.0. The number of amides is 2. The molecule has 1 saturated heterocycles. The second-order valence-electron chi connectivity index (χ2n) is 4.75. The smallest absolute Gasteiger partial charge is 0.261 e. The molecule has 5 nitrogen and oxygen atoms in total. The van der Waals surface area contributed by atoms with Crippen molar-refractivity contribution in [1.29, 1.82) is 0 Å². The first-order valence-corrected chi connectivity index (χ1v) is 7.34. The maximum Gasteiger partial charge on any atom is 0.261 e. The summed E-state index contributed by atoms with van der Waals surface area (Å²) in [6.45, 7) is 0.481. The summed E-state index contributed by atoms with van der Waals surface area (Å²) < 4.78 is 6.34. The molecule has 1 fully saturated rings. The molecule has 0 bridgehead atoms. The summed E-state index contributed by atoms with van der Waals surface area (Å²) in [6, 6.07) is 6.77. The number of benzene rings is 1. The normalized spacial score (nSPS) is 18.6. The Labute approximate surface area is 126 Å². The molecule has 1 aromatic carbocycles. The van der Waals surface area contributed by atoms with Gasteiger partial charge in [-0.05, 0) is 37.5 Å². The first-order valence-electron chi connectivity index (χ1n) is 6.55. The van der Waals surface area contributed by atoms with Crippen LogP contribution in [0.1, 0.15) is 19.3 Å². The summed E-state index contributed by atoms with van der Waals surface area (Å²) in [5.41, 5.74) is 5.34. The van der Waals surface area contributed by atoms with Crippen LogP contribution >= 0.6 is 15.9 Å². The second kappa shape index (κ2) is 6.74. The molecule has 0 spiro atoms. The molecule has 1 aliphatic rings. The van der Waals surface area contributed by atoms with E-state index in [0.717, 1.165) is 17.3 Å². The lowest BCUT2D eigenvalue weighted by Crippen LogP contribution is -2.51. The minimum absolute atomic E-state index is 0.0831. The van der Waals surface area contributed by atoms with Crippen LogP contribution in [0.4, 0.5) is 0 Å². The molecule has 1 atom stereocenters. The van der Waals surface area contributed by atoms with E-state index >= 15 is 0 Å². The highest BCUT2D eigenvalue weighted by Gasteiger charge is 2.30. The Kier molecular flexibility index (Phi) is 5.00. The Morgan fingerprint density at radius 3 is 2.90 bits per heavy atom.